The Labute approximate surface area is 208 Å². The lowest BCUT2D eigenvalue weighted by Gasteiger charge is -2.13. The average Bonchev–Trinajstić information content (AvgIpc) is 2.79. The zero-order valence-electron chi connectivity index (χ0n) is 23.1. The fourth-order valence-electron chi connectivity index (χ4n) is 4.16. The van der Waals surface area contributed by atoms with Gasteiger partial charge in [-0.3, -0.25) is 9.69 Å². The first-order valence-corrected chi connectivity index (χ1v) is 14.7. The predicted molar refractivity (Wildman–Crippen MR) is 147 cm³/mol. The summed E-state index contributed by atoms with van der Waals surface area (Å²) in [6.45, 7) is 6.47. The minimum atomic E-state index is -0.732. The fourth-order valence-corrected chi connectivity index (χ4v) is 4.16. The van der Waals surface area contributed by atoms with Crippen molar-refractivity contribution < 1.29 is 9.90 Å². The van der Waals surface area contributed by atoms with Crippen molar-refractivity contribution in [3.63, 3.8) is 0 Å². The van der Waals surface area contributed by atoms with Crippen LogP contribution >= 0.6 is 0 Å². The zero-order chi connectivity index (χ0) is 24.8. The number of carboxylic acids is 1. The molecule has 4 heteroatoms. The van der Waals surface area contributed by atoms with Crippen molar-refractivity contribution in [1.29, 1.82) is 0 Å². The summed E-state index contributed by atoms with van der Waals surface area (Å²) in [7, 11) is 1.88. The van der Waals surface area contributed by atoms with Gasteiger partial charge < -0.3 is 10.8 Å². The molecule has 0 aliphatic carbocycles. The minimum absolute atomic E-state index is 0.164. The summed E-state index contributed by atoms with van der Waals surface area (Å²) in [5.74, 6) is -0.732. The van der Waals surface area contributed by atoms with Crippen LogP contribution in [-0.2, 0) is 4.79 Å². The molecule has 0 aliphatic rings. The van der Waals surface area contributed by atoms with Gasteiger partial charge in [0, 0.05) is 0 Å². The van der Waals surface area contributed by atoms with Crippen LogP contribution in [0.1, 0.15) is 155 Å². The summed E-state index contributed by atoms with van der Waals surface area (Å²) in [5.41, 5.74) is 5.45. The van der Waals surface area contributed by atoms with Crippen LogP contribution in [0, 0.1) is 0 Å². The van der Waals surface area contributed by atoms with E-state index in [2.05, 4.69) is 13.8 Å². The molecule has 200 valence electrons. The van der Waals surface area contributed by atoms with E-state index in [4.69, 9.17) is 10.8 Å². The van der Waals surface area contributed by atoms with Crippen molar-refractivity contribution in [2.75, 3.05) is 26.7 Å². The molecule has 0 aromatic heterocycles. The Hall–Kier alpha value is -0.610. The maximum absolute atomic E-state index is 10.5. The number of rotatable bonds is 25. The van der Waals surface area contributed by atoms with E-state index < -0.39 is 5.97 Å². The van der Waals surface area contributed by atoms with E-state index in [0.717, 1.165) is 19.5 Å². The van der Waals surface area contributed by atoms with Crippen LogP contribution < -0.4 is 5.73 Å². The second-order valence-electron chi connectivity index (χ2n) is 9.99. The van der Waals surface area contributed by atoms with Gasteiger partial charge in [-0.25, -0.2) is 0 Å². The van der Waals surface area contributed by atoms with E-state index in [1.54, 1.807) is 0 Å². The lowest BCUT2D eigenvalue weighted by molar-refractivity contribution is -0.137. The number of carbonyl (C=O) groups is 1. The van der Waals surface area contributed by atoms with E-state index >= 15 is 0 Å². The second-order valence-corrected chi connectivity index (χ2v) is 9.99. The van der Waals surface area contributed by atoms with Crippen molar-refractivity contribution in [3.05, 3.63) is 0 Å². The molecule has 0 spiro atoms. The molecular weight excluding hydrogens is 408 g/mol. The molecule has 0 unspecified atom stereocenters. The van der Waals surface area contributed by atoms with Gasteiger partial charge in [-0.2, -0.15) is 0 Å². The molecule has 33 heavy (non-hydrogen) atoms. The number of nitrogens with zero attached hydrogens (tertiary/aromatic N) is 1. The van der Waals surface area contributed by atoms with Crippen molar-refractivity contribution in [2.24, 2.45) is 5.73 Å². The first-order valence-electron chi connectivity index (χ1n) is 14.7. The summed E-state index contributed by atoms with van der Waals surface area (Å²) in [6, 6.07) is 0. The van der Waals surface area contributed by atoms with Crippen molar-refractivity contribution in [2.45, 2.75) is 155 Å². The SMILES string of the molecule is CCCCCCCCCCCCCCN.CCCCCCCCCCCCN(C)CC(=O)O. The molecule has 0 amide bonds. The molecule has 0 aliphatic heterocycles. The Morgan fingerprint density at radius 2 is 0.879 bits per heavy atom. The minimum Gasteiger partial charge on any atom is -0.480 e. The molecule has 0 radical (unpaired) electrons. The van der Waals surface area contributed by atoms with Crippen molar-refractivity contribution >= 4 is 5.97 Å². The maximum atomic E-state index is 10.5. The number of aliphatic carboxylic acids is 1. The quantitative estimate of drug-likeness (QED) is 0.131. The lowest BCUT2D eigenvalue weighted by Crippen LogP contribution is -2.26. The number of nitrogens with two attached hydrogens (primary N) is 1. The predicted octanol–water partition coefficient (Wildman–Crippen LogP) is 8.57. The zero-order valence-corrected chi connectivity index (χ0v) is 23.1. The molecule has 4 nitrogen and oxygen atoms in total. The molecule has 0 atom stereocenters. The first-order chi connectivity index (χ1) is 16.1. The Morgan fingerprint density at radius 3 is 1.18 bits per heavy atom. The van der Waals surface area contributed by atoms with Crippen molar-refractivity contribution in [3.8, 4) is 0 Å². The molecule has 0 heterocycles. The molecule has 0 bridgehead atoms. The van der Waals surface area contributed by atoms with Gasteiger partial charge in [0.05, 0.1) is 6.54 Å². The smallest absolute Gasteiger partial charge is 0.317 e. The highest BCUT2D eigenvalue weighted by Crippen LogP contribution is 2.12. The molecule has 3 N–H and O–H groups in total. The molecule has 0 aromatic rings. The van der Waals surface area contributed by atoms with Gasteiger partial charge in [0.1, 0.15) is 0 Å². The van der Waals surface area contributed by atoms with Gasteiger partial charge in [0.2, 0.25) is 0 Å². The lowest BCUT2D eigenvalue weighted by atomic mass is 10.1. The van der Waals surface area contributed by atoms with E-state index in [1.807, 2.05) is 11.9 Å². The highest BCUT2D eigenvalue weighted by atomic mass is 16.4. The average molecular weight is 471 g/mol. The molecule has 0 saturated heterocycles. The summed E-state index contributed by atoms with van der Waals surface area (Å²) in [6.07, 6.45) is 30.2. The topological polar surface area (TPSA) is 66.6 Å². The van der Waals surface area contributed by atoms with E-state index in [1.165, 1.54) is 135 Å². The third-order valence-electron chi connectivity index (χ3n) is 6.36. The highest BCUT2D eigenvalue weighted by molar-refractivity contribution is 5.68. The van der Waals surface area contributed by atoms with Gasteiger partial charge in [-0.1, -0.05) is 142 Å². The standard InChI is InChI=1S/C15H31NO2.C14H31N/c1-3-4-5-6-7-8-9-10-11-12-13-16(2)14-15(17)18;1-2-3-4-5-6-7-8-9-10-11-12-13-14-15/h3-14H2,1-2H3,(H,17,18);2-15H2,1H3. The van der Waals surface area contributed by atoms with Gasteiger partial charge in [0.15, 0.2) is 0 Å². The fraction of sp³-hybridized carbons (Fsp3) is 0.966. The Bertz CT molecular complexity index is 352. The van der Waals surface area contributed by atoms with Crippen LogP contribution in [0.5, 0.6) is 0 Å². The summed E-state index contributed by atoms with van der Waals surface area (Å²) < 4.78 is 0. The van der Waals surface area contributed by atoms with Crippen LogP contribution in [0.4, 0.5) is 0 Å². The van der Waals surface area contributed by atoms with Crippen LogP contribution in [0.2, 0.25) is 0 Å². The first kappa shape index (κ1) is 34.6. The van der Waals surface area contributed by atoms with Gasteiger partial charge in [-0.05, 0) is 33.0 Å². The number of unbranched alkanes of at least 4 members (excludes halogenated alkanes) is 20. The van der Waals surface area contributed by atoms with Gasteiger partial charge >= 0.3 is 5.97 Å². The summed E-state index contributed by atoms with van der Waals surface area (Å²) >= 11 is 0. The van der Waals surface area contributed by atoms with Crippen LogP contribution in [0.25, 0.3) is 0 Å². The largest absolute Gasteiger partial charge is 0.480 e. The van der Waals surface area contributed by atoms with E-state index in [-0.39, 0.29) is 6.54 Å². The summed E-state index contributed by atoms with van der Waals surface area (Å²) in [4.78, 5) is 12.3. The molecule has 0 aromatic carbocycles. The monoisotopic (exact) mass is 470 g/mol. The van der Waals surface area contributed by atoms with E-state index in [0.29, 0.717) is 0 Å². The molecular formula is C29H62N2O2. The Balaban J connectivity index is 0. The Kier molecular flexibility index (Phi) is 32.9. The highest BCUT2D eigenvalue weighted by Gasteiger charge is 2.02. The number of likely N-dealkylation sites (N-methyl/N-ethyl adjacent to an activating group) is 1. The van der Waals surface area contributed by atoms with E-state index in [9.17, 15) is 4.79 Å². The molecule has 0 fully saturated rings. The number of hydrogen-bond donors (Lipinski definition) is 2. The van der Waals surface area contributed by atoms with Crippen molar-refractivity contribution in [1.82, 2.24) is 4.90 Å². The third kappa shape index (κ3) is 36.1. The second kappa shape index (κ2) is 31.4. The normalized spacial score (nSPS) is 10.9. The van der Waals surface area contributed by atoms with Crippen LogP contribution in [-0.4, -0.2) is 42.7 Å². The maximum Gasteiger partial charge on any atom is 0.317 e. The van der Waals surface area contributed by atoms with Gasteiger partial charge in [-0.15, -0.1) is 0 Å². The number of carboxylic acid groups (broad SMARTS) is 1. The molecule has 0 rings (SSSR count). The molecule has 0 saturated carbocycles. The number of hydrogen-bond acceptors (Lipinski definition) is 3. The Morgan fingerprint density at radius 1 is 0.576 bits per heavy atom. The van der Waals surface area contributed by atoms with Crippen LogP contribution in [0.15, 0.2) is 0 Å². The third-order valence-corrected chi connectivity index (χ3v) is 6.36. The van der Waals surface area contributed by atoms with Crippen LogP contribution in [0.3, 0.4) is 0 Å². The summed E-state index contributed by atoms with van der Waals surface area (Å²) in [5, 5.41) is 8.60. The van der Waals surface area contributed by atoms with Gasteiger partial charge in [0.25, 0.3) is 0 Å².